The van der Waals surface area contributed by atoms with E-state index in [1.807, 2.05) is 12.3 Å². The zero-order valence-electron chi connectivity index (χ0n) is 12.0. The Morgan fingerprint density at radius 1 is 1.10 bits per heavy atom. The van der Waals surface area contributed by atoms with Gasteiger partial charge in [-0.3, -0.25) is 0 Å². The van der Waals surface area contributed by atoms with Gasteiger partial charge in [-0.1, -0.05) is 18.2 Å². The number of pyridine rings is 1. The predicted octanol–water partition coefficient (Wildman–Crippen LogP) is 4.07. The van der Waals surface area contributed by atoms with Crippen molar-refractivity contribution in [2.45, 2.75) is 19.9 Å². The van der Waals surface area contributed by atoms with Crippen molar-refractivity contribution in [1.82, 2.24) is 14.5 Å². The van der Waals surface area contributed by atoms with Gasteiger partial charge in [0.2, 0.25) is 0 Å². The first-order valence-electron chi connectivity index (χ1n) is 7.28. The molecule has 4 aromatic rings. The van der Waals surface area contributed by atoms with Crippen molar-refractivity contribution in [2.75, 3.05) is 0 Å². The van der Waals surface area contributed by atoms with E-state index in [9.17, 15) is 0 Å². The number of aromatic nitrogens is 3. The summed E-state index contributed by atoms with van der Waals surface area (Å²) >= 11 is 0. The molecule has 0 spiro atoms. The molecule has 1 aromatic carbocycles. The lowest BCUT2D eigenvalue weighted by Gasteiger charge is -2.04. The third-order valence-corrected chi connectivity index (χ3v) is 4.13. The maximum absolute atomic E-state index is 4.52. The highest BCUT2D eigenvalue weighted by molar-refractivity contribution is 5.83. The Morgan fingerprint density at radius 2 is 1.95 bits per heavy atom. The normalized spacial score (nSPS) is 11.5. The molecule has 0 aliphatic heterocycles. The van der Waals surface area contributed by atoms with E-state index < -0.39 is 0 Å². The van der Waals surface area contributed by atoms with Crippen LogP contribution in [0, 0.1) is 6.92 Å². The van der Waals surface area contributed by atoms with Gasteiger partial charge in [-0.25, -0.2) is 4.98 Å². The fourth-order valence-corrected chi connectivity index (χ4v) is 3.05. The molecular weight excluding hydrogens is 258 g/mol. The maximum Gasteiger partial charge on any atom is 0.140 e. The molecule has 0 amide bonds. The number of nitrogens with one attached hydrogen (secondary N) is 1. The smallest absolute Gasteiger partial charge is 0.140 e. The highest BCUT2D eigenvalue weighted by atomic mass is 15.0. The quantitative estimate of drug-likeness (QED) is 0.601. The van der Waals surface area contributed by atoms with Crippen molar-refractivity contribution in [2.24, 2.45) is 0 Å². The van der Waals surface area contributed by atoms with Gasteiger partial charge in [0.15, 0.2) is 0 Å². The predicted molar refractivity (Wildman–Crippen MR) is 86.5 cm³/mol. The number of aryl methyl sites for hydroxylation is 3. The molecule has 4 rings (SSSR count). The standard InChI is InChI=1S/C18H17N3/c1-13-12-21(18-15(13)6-4-9-19-18)10-8-14-11-20-17-7-3-2-5-16(14)17/h2-7,9,11-12,20H,8,10H2,1H3. The summed E-state index contributed by atoms with van der Waals surface area (Å²) in [5.41, 5.74) is 4.94. The number of hydrogen-bond acceptors (Lipinski definition) is 1. The molecule has 3 aromatic heterocycles. The van der Waals surface area contributed by atoms with Gasteiger partial charge >= 0.3 is 0 Å². The summed E-state index contributed by atoms with van der Waals surface area (Å²) in [5.74, 6) is 0. The van der Waals surface area contributed by atoms with E-state index in [1.165, 1.54) is 27.4 Å². The third kappa shape index (κ3) is 2.02. The van der Waals surface area contributed by atoms with Crippen LogP contribution >= 0.6 is 0 Å². The van der Waals surface area contributed by atoms with E-state index in [0.717, 1.165) is 18.6 Å². The number of aromatic amines is 1. The van der Waals surface area contributed by atoms with Gasteiger partial charge in [0.1, 0.15) is 5.65 Å². The van der Waals surface area contributed by atoms with Crippen LogP contribution in [0.5, 0.6) is 0 Å². The molecule has 0 radical (unpaired) electrons. The van der Waals surface area contributed by atoms with Crippen molar-refractivity contribution in [3.05, 3.63) is 66.1 Å². The van der Waals surface area contributed by atoms with Gasteiger partial charge in [-0.05, 0) is 42.7 Å². The van der Waals surface area contributed by atoms with Crippen LogP contribution in [0.1, 0.15) is 11.1 Å². The maximum atomic E-state index is 4.52. The van der Waals surface area contributed by atoms with Gasteiger partial charge in [0.05, 0.1) is 0 Å². The molecule has 21 heavy (non-hydrogen) atoms. The van der Waals surface area contributed by atoms with Crippen LogP contribution < -0.4 is 0 Å². The van der Waals surface area contributed by atoms with E-state index in [4.69, 9.17) is 0 Å². The average molecular weight is 275 g/mol. The van der Waals surface area contributed by atoms with Crippen LogP contribution in [-0.4, -0.2) is 14.5 Å². The molecule has 0 fully saturated rings. The summed E-state index contributed by atoms with van der Waals surface area (Å²) in [6, 6.07) is 12.6. The molecule has 0 aliphatic carbocycles. The Kier molecular flexibility index (Phi) is 2.78. The topological polar surface area (TPSA) is 33.6 Å². The molecule has 3 heterocycles. The van der Waals surface area contributed by atoms with Crippen LogP contribution in [0.4, 0.5) is 0 Å². The lowest BCUT2D eigenvalue weighted by molar-refractivity contribution is 0.717. The Morgan fingerprint density at radius 3 is 2.90 bits per heavy atom. The Bertz CT molecular complexity index is 914. The molecule has 0 saturated heterocycles. The van der Waals surface area contributed by atoms with Gasteiger partial charge in [-0.15, -0.1) is 0 Å². The second-order valence-corrected chi connectivity index (χ2v) is 5.49. The van der Waals surface area contributed by atoms with Gasteiger partial charge in [0.25, 0.3) is 0 Å². The minimum absolute atomic E-state index is 0.948. The fraction of sp³-hybridized carbons (Fsp3) is 0.167. The van der Waals surface area contributed by atoms with Crippen LogP contribution in [0.3, 0.4) is 0 Å². The molecular formula is C18H17N3. The number of hydrogen-bond donors (Lipinski definition) is 1. The largest absolute Gasteiger partial charge is 0.361 e. The number of nitrogens with zero attached hydrogens (tertiary/aromatic N) is 2. The monoisotopic (exact) mass is 275 g/mol. The zero-order valence-corrected chi connectivity index (χ0v) is 12.0. The second-order valence-electron chi connectivity index (χ2n) is 5.49. The molecule has 0 aliphatic rings. The Balaban J connectivity index is 1.67. The average Bonchev–Trinajstić information content (AvgIpc) is 3.08. The lowest BCUT2D eigenvalue weighted by Crippen LogP contribution is -2.00. The second kappa shape index (κ2) is 4.77. The molecule has 0 bridgehead atoms. The van der Waals surface area contributed by atoms with Crippen molar-refractivity contribution in [3.8, 4) is 0 Å². The summed E-state index contributed by atoms with van der Waals surface area (Å²) in [7, 11) is 0. The van der Waals surface area contributed by atoms with Crippen LogP contribution in [0.25, 0.3) is 21.9 Å². The first-order valence-corrected chi connectivity index (χ1v) is 7.28. The number of fused-ring (bicyclic) bond motifs is 2. The van der Waals surface area contributed by atoms with Crippen molar-refractivity contribution < 1.29 is 0 Å². The summed E-state index contributed by atoms with van der Waals surface area (Å²) in [6.07, 6.45) is 7.19. The Hall–Kier alpha value is -2.55. The number of rotatable bonds is 3. The minimum Gasteiger partial charge on any atom is -0.361 e. The van der Waals surface area contributed by atoms with Crippen molar-refractivity contribution in [3.63, 3.8) is 0 Å². The van der Waals surface area contributed by atoms with E-state index in [2.05, 4.69) is 64.2 Å². The van der Waals surface area contributed by atoms with Gasteiger partial charge in [0, 0.05) is 41.4 Å². The van der Waals surface area contributed by atoms with E-state index in [0.29, 0.717) is 0 Å². The highest BCUT2D eigenvalue weighted by Crippen LogP contribution is 2.21. The van der Waals surface area contributed by atoms with E-state index in [-0.39, 0.29) is 0 Å². The highest BCUT2D eigenvalue weighted by Gasteiger charge is 2.07. The van der Waals surface area contributed by atoms with Gasteiger partial charge in [-0.2, -0.15) is 0 Å². The van der Waals surface area contributed by atoms with Crippen molar-refractivity contribution in [1.29, 1.82) is 0 Å². The van der Waals surface area contributed by atoms with Crippen LogP contribution in [0.15, 0.2) is 55.0 Å². The fourth-order valence-electron chi connectivity index (χ4n) is 3.05. The summed E-state index contributed by atoms with van der Waals surface area (Å²) in [5, 5.41) is 2.56. The van der Waals surface area contributed by atoms with Crippen LogP contribution in [0.2, 0.25) is 0 Å². The van der Waals surface area contributed by atoms with E-state index in [1.54, 1.807) is 0 Å². The van der Waals surface area contributed by atoms with Crippen LogP contribution in [-0.2, 0) is 13.0 Å². The SMILES string of the molecule is Cc1cn(CCc2c[nH]c3ccccc23)c2ncccc12. The molecule has 3 heteroatoms. The molecule has 104 valence electrons. The number of H-pyrrole nitrogens is 1. The van der Waals surface area contributed by atoms with Crippen molar-refractivity contribution >= 4 is 21.9 Å². The summed E-state index contributed by atoms with van der Waals surface area (Å²) < 4.78 is 2.26. The molecule has 0 unspecified atom stereocenters. The lowest BCUT2D eigenvalue weighted by atomic mass is 10.1. The number of para-hydroxylation sites is 1. The molecule has 0 atom stereocenters. The first kappa shape index (κ1) is 12.2. The minimum atomic E-state index is 0.948. The Labute approximate surface area is 123 Å². The zero-order chi connectivity index (χ0) is 14.2. The van der Waals surface area contributed by atoms with Gasteiger partial charge < -0.3 is 9.55 Å². The van der Waals surface area contributed by atoms with E-state index >= 15 is 0 Å². The third-order valence-electron chi connectivity index (χ3n) is 4.13. The molecule has 3 nitrogen and oxygen atoms in total. The molecule has 1 N–H and O–H groups in total. The summed E-state index contributed by atoms with van der Waals surface area (Å²) in [6.45, 7) is 3.09. The number of benzene rings is 1. The summed E-state index contributed by atoms with van der Waals surface area (Å²) in [4.78, 5) is 7.86. The first-order chi connectivity index (χ1) is 10.3. The molecule has 0 saturated carbocycles.